The van der Waals surface area contributed by atoms with Crippen LogP contribution in [0, 0.1) is 0 Å². The summed E-state index contributed by atoms with van der Waals surface area (Å²) in [5.41, 5.74) is 0.429. The molecule has 50 valence electrons. The van der Waals surface area contributed by atoms with Gasteiger partial charge in [0.1, 0.15) is 11.7 Å². The monoisotopic (exact) mass is 130 g/mol. The Bertz CT molecular complexity index is 177. The van der Waals surface area contributed by atoms with Gasteiger partial charge in [-0.2, -0.15) is 0 Å². The highest BCUT2D eigenvalue weighted by molar-refractivity contribution is 5.25. The molecule has 0 aromatic carbocycles. The highest BCUT2D eigenvalue weighted by atomic mass is 19.1. The maximum Gasteiger partial charge on any atom is 0.103 e. The molecule has 1 rings (SSSR count). The molecular weight excluding hydrogens is 122 g/mol. The van der Waals surface area contributed by atoms with Crippen molar-refractivity contribution in [2.24, 2.45) is 0 Å². The maximum atomic E-state index is 12.4. The van der Waals surface area contributed by atoms with Crippen molar-refractivity contribution in [3.63, 3.8) is 0 Å². The molecule has 1 aliphatic rings. The third-order valence-electron chi connectivity index (χ3n) is 1.38. The van der Waals surface area contributed by atoms with E-state index in [0.29, 0.717) is 5.57 Å². The number of allylic oxidation sites excluding steroid dienone is 4. The van der Waals surface area contributed by atoms with Crippen LogP contribution in [0.3, 0.4) is 0 Å². The van der Waals surface area contributed by atoms with Crippen molar-refractivity contribution in [3.8, 4) is 0 Å². The Morgan fingerprint density at radius 3 is 2.44 bits per heavy atom. The molecule has 1 aliphatic carbocycles. The van der Waals surface area contributed by atoms with E-state index in [1.165, 1.54) is 6.08 Å². The zero-order chi connectivity index (χ0) is 6.85. The third kappa shape index (κ3) is 1.37. The van der Waals surface area contributed by atoms with Crippen LogP contribution in [-0.2, 0) is 0 Å². The fourth-order valence-electron chi connectivity index (χ4n) is 0.812. The van der Waals surface area contributed by atoms with Gasteiger partial charge in [-0.15, -0.1) is 0 Å². The summed E-state index contributed by atoms with van der Waals surface area (Å²) in [7, 11) is 0. The van der Waals surface area contributed by atoms with Crippen molar-refractivity contribution in [1.82, 2.24) is 0 Å². The zero-order valence-corrected chi connectivity index (χ0v) is 5.25. The van der Waals surface area contributed by atoms with Crippen LogP contribution in [0.15, 0.2) is 23.3 Å². The average molecular weight is 130 g/mol. The lowest BCUT2D eigenvalue weighted by Crippen LogP contribution is -1.89. The molecule has 0 fully saturated rings. The fraction of sp³-hybridized carbons (Fsp3) is 0.429. The lowest BCUT2D eigenvalue weighted by atomic mass is 10.1. The zero-order valence-electron chi connectivity index (χ0n) is 5.25. The average Bonchev–Trinajstić information content (AvgIpc) is 1.80. The van der Waals surface area contributed by atoms with Crippen LogP contribution >= 0.6 is 0 Å². The van der Waals surface area contributed by atoms with Crippen LogP contribution in [-0.4, -0.2) is 0 Å². The molecule has 0 saturated heterocycles. The van der Waals surface area contributed by atoms with Gasteiger partial charge in [0.25, 0.3) is 0 Å². The van der Waals surface area contributed by atoms with E-state index in [0.717, 1.165) is 0 Å². The Morgan fingerprint density at radius 1 is 1.33 bits per heavy atom. The first kappa shape index (κ1) is 6.46. The Kier molecular flexibility index (Phi) is 1.65. The van der Waals surface area contributed by atoms with E-state index in [4.69, 9.17) is 0 Å². The first-order valence-corrected chi connectivity index (χ1v) is 2.91. The molecule has 2 heteroatoms. The molecule has 0 atom stereocenters. The van der Waals surface area contributed by atoms with E-state index in [-0.39, 0.29) is 24.5 Å². The molecule has 0 unspecified atom stereocenters. The first-order valence-electron chi connectivity index (χ1n) is 2.91. The highest BCUT2D eigenvalue weighted by Crippen LogP contribution is 2.24. The summed E-state index contributed by atoms with van der Waals surface area (Å²) in [4.78, 5) is 0. The Morgan fingerprint density at radius 2 is 2.00 bits per heavy atom. The topological polar surface area (TPSA) is 0 Å². The summed E-state index contributed by atoms with van der Waals surface area (Å²) < 4.78 is 24.7. The van der Waals surface area contributed by atoms with E-state index in [2.05, 4.69) is 0 Å². The second-order valence-electron chi connectivity index (χ2n) is 2.18. The summed E-state index contributed by atoms with van der Waals surface area (Å²) in [6, 6.07) is 0. The molecule has 0 nitrogen and oxygen atoms in total. The van der Waals surface area contributed by atoms with E-state index in [1.807, 2.05) is 0 Å². The minimum absolute atomic E-state index is 0.184. The molecule has 0 amide bonds. The molecule has 0 saturated carbocycles. The van der Waals surface area contributed by atoms with Crippen LogP contribution in [0.1, 0.15) is 19.8 Å². The summed E-state index contributed by atoms with van der Waals surface area (Å²) >= 11 is 0. The van der Waals surface area contributed by atoms with Crippen molar-refractivity contribution < 1.29 is 8.78 Å². The van der Waals surface area contributed by atoms with Crippen molar-refractivity contribution in [3.05, 3.63) is 23.3 Å². The number of hydrogen-bond acceptors (Lipinski definition) is 0. The Labute approximate surface area is 52.9 Å². The highest BCUT2D eigenvalue weighted by Gasteiger charge is 2.08. The molecule has 0 radical (unpaired) electrons. The van der Waals surface area contributed by atoms with Gasteiger partial charge in [-0.05, 0) is 18.6 Å². The van der Waals surface area contributed by atoms with Gasteiger partial charge >= 0.3 is 0 Å². The van der Waals surface area contributed by atoms with Gasteiger partial charge in [-0.1, -0.05) is 0 Å². The standard InChI is InChI=1S/C7H8F2/c1-5-4-6(8)2-3-7(5)9/h4H,2-3H2,1H3. The lowest BCUT2D eigenvalue weighted by molar-refractivity contribution is 0.517. The molecule has 0 spiro atoms. The largest absolute Gasteiger partial charge is 0.212 e. The fourth-order valence-corrected chi connectivity index (χ4v) is 0.812. The van der Waals surface area contributed by atoms with E-state index >= 15 is 0 Å². The summed E-state index contributed by atoms with van der Waals surface area (Å²) in [6.45, 7) is 1.58. The van der Waals surface area contributed by atoms with E-state index in [9.17, 15) is 8.78 Å². The van der Waals surface area contributed by atoms with Crippen molar-refractivity contribution >= 4 is 0 Å². The van der Waals surface area contributed by atoms with Crippen LogP contribution < -0.4 is 0 Å². The predicted octanol–water partition coefficient (Wildman–Crippen LogP) is 2.88. The SMILES string of the molecule is CC1=C(F)CCC(F)=C1. The van der Waals surface area contributed by atoms with Gasteiger partial charge in [-0.3, -0.25) is 0 Å². The van der Waals surface area contributed by atoms with Crippen LogP contribution in [0.2, 0.25) is 0 Å². The summed E-state index contributed by atoms with van der Waals surface area (Å²) in [5, 5.41) is 0. The van der Waals surface area contributed by atoms with Crippen LogP contribution in [0.4, 0.5) is 8.78 Å². The Hall–Kier alpha value is -0.660. The molecule has 0 aliphatic heterocycles. The molecule has 0 bridgehead atoms. The molecule has 0 aromatic heterocycles. The molecule has 0 heterocycles. The van der Waals surface area contributed by atoms with Gasteiger partial charge in [0.15, 0.2) is 0 Å². The minimum Gasteiger partial charge on any atom is -0.212 e. The van der Waals surface area contributed by atoms with Crippen molar-refractivity contribution in [2.75, 3.05) is 0 Å². The van der Waals surface area contributed by atoms with Crippen molar-refractivity contribution in [1.29, 1.82) is 0 Å². The quantitative estimate of drug-likeness (QED) is 0.473. The van der Waals surface area contributed by atoms with E-state index < -0.39 is 0 Å². The molecule has 0 N–H and O–H groups in total. The molecule has 0 aromatic rings. The lowest BCUT2D eigenvalue weighted by Gasteiger charge is -2.05. The second kappa shape index (κ2) is 2.29. The maximum absolute atomic E-state index is 12.4. The smallest absolute Gasteiger partial charge is 0.103 e. The van der Waals surface area contributed by atoms with Crippen LogP contribution in [0.5, 0.6) is 0 Å². The number of hydrogen-bond donors (Lipinski definition) is 0. The predicted molar refractivity (Wildman–Crippen MR) is 32.2 cm³/mol. The molecule has 9 heavy (non-hydrogen) atoms. The van der Waals surface area contributed by atoms with Gasteiger partial charge in [-0.25, -0.2) is 8.78 Å². The minimum atomic E-state index is -0.214. The first-order chi connectivity index (χ1) is 4.20. The Balaban J connectivity index is 2.83. The third-order valence-corrected chi connectivity index (χ3v) is 1.38. The van der Waals surface area contributed by atoms with Gasteiger partial charge in [0.05, 0.1) is 0 Å². The molecular formula is C7H8F2. The van der Waals surface area contributed by atoms with E-state index in [1.54, 1.807) is 6.92 Å². The van der Waals surface area contributed by atoms with Gasteiger partial charge in [0.2, 0.25) is 0 Å². The van der Waals surface area contributed by atoms with Gasteiger partial charge in [0, 0.05) is 12.8 Å². The number of rotatable bonds is 0. The summed E-state index contributed by atoms with van der Waals surface area (Å²) in [5.74, 6) is -0.398. The number of halogens is 2. The van der Waals surface area contributed by atoms with Crippen molar-refractivity contribution in [2.45, 2.75) is 19.8 Å². The summed E-state index contributed by atoms with van der Waals surface area (Å²) in [6.07, 6.45) is 1.70. The van der Waals surface area contributed by atoms with Crippen LogP contribution in [0.25, 0.3) is 0 Å². The second-order valence-corrected chi connectivity index (χ2v) is 2.18. The van der Waals surface area contributed by atoms with Gasteiger partial charge < -0.3 is 0 Å². The normalized spacial score (nSPS) is 20.1.